The number of halogens is 5. The topological polar surface area (TPSA) is 21.7 Å². The van der Waals surface area contributed by atoms with Crippen molar-refractivity contribution < 1.29 is 31.3 Å². The lowest BCUT2D eigenvalue weighted by atomic mass is 9.59. The van der Waals surface area contributed by atoms with Gasteiger partial charge in [-0.3, -0.25) is 0 Å². The maximum Gasteiger partial charge on any atom is 0.410 e. The predicted octanol–water partition coefficient (Wildman–Crippen LogP) is 8.29. The van der Waals surface area contributed by atoms with Crippen molar-refractivity contribution in [3.05, 3.63) is 179 Å². The molecule has 0 N–H and O–H groups in total. The number of nitrogens with zero attached hydrogens (tertiary/aromatic N) is 1. The SMILES string of the molecule is Fc1c(F)c(F)c([B-]23Oc4ccc5ccccc5c4CN2[C@H](c2ccccc2)C(c2ccccc2)(c2ccccc2)O3)c(F)c1F. The zero-order valence-corrected chi connectivity index (χ0v) is 24.1. The van der Waals surface area contributed by atoms with Crippen molar-refractivity contribution in [2.24, 2.45) is 0 Å². The molecule has 46 heavy (non-hydrogen) atoms. The van der Waals surface area contributed by atoms with Crippen molar-refractivity contribution in [2.45, 2.75) is 18.2 Å². The molecule has 1 unspecified atom stereocenters. The number of hydrogen-bond acceptors (Lipinski definition) is 3. The van der Waals surface area contributed by atoms with Gasteiger partial charge < -0.3 is 14.1 Å². The quantitative estimate of drug-likeness (QED) is 0.0857. The minimum Gasteiger partial charge on any atom is -0.676 e. The van der Waals surface area contributed by atoms with Gasteiger partial charge in [0.25, 0.3) is 0 Å². The van der Waals surface area contributed by atoms with Crippen molar-refractivity contribution in [2.75, 3.05) is 0 Å². The highest BCUT2D eigenvalue weighted by atomic mass is 19.2. The molecule has 0 amide bonds. The fourth-order valence-electron chi connectivity index (χ4n) is 7.34. The molecule has 2 aliphatic rings. The maximum atomic E-state index is 16.1. The molecule has 8 rings (SSSR count). The van der Waals surface area contributed by atoms with Crippen LogP contribution < -0.4 is 10.1 Å². The van der Waals surface area contributed by atoms with Gasteiger partial charge in [0, 0.05) is 11.6 Å². The van der Waals surface area contributed by atoms with Crippen molar-refractivity contribution in [1.82, 2.24) is 4.81 Å². The second-order valence-corrected chi connectivity index (χ2v) is 11.6. The second-order valence-electron chi connectivity index (χ2n) is 11.6. The average Bonchev–Trinajstić information content (AvgIpc) is 3.41. The number of rotatable bonds is 4. The molecule has 2 heterocycles. The van der Waals surface area contributed by atoms with Crippen molar-refractivity contribution in [1.29, 1.82) is 0 Å². The van der Waals surface area contributed by atoms with Crippen LogP contribution in [0.5, 0.6) is 5.75 Å². The Morgan fingerprint density at radius 1 is 0.587 bits per heavy atom. The van der Waals surface area contributed by atoms with Crippen LogP contribution in [0.2, 0.25) is 0 Å². The van der Waals surface area contributed by atoms with E-state index in [2.05, 4.69) is 0 Å². The van der Waals surface area contributed by atoms with E-state index in [4.69, 9.17) is 9.31 Å². The van der Waals surface area contributed by atoms with Gasteiger partial charge in [0.1, 0.15) is 11.6 Å². The molecule has 0 spiro atoms. The molecule has 228 valence electrons. The van der Waals surface area contributed by atoms with Crippen molar-refractivity contribution in [3.8, 4) is 5.75 Å². The molecular formula is C37H24BF5NO2-. The van der Waals surface area contributed by atoms with Crippen LogP contribution in [-0.2, 0) is 16.8 Å². The van der Waals surface area contributed by atoms with Crippen LogP contribution in [0.1, 0.15) is 28.3 Å². The van der Waals surface area contributed by atoms with Gasteiger partial charge in [-0.05, 0) is 45.5 Å². The molecule has 9 heteroatoms. The summed E-state index contributed by atoms with van der Waals surface area (Å²) in [7, 11) is 0. The molecule has 6 aromatic carbocycles. The van der Waals surface area contributed by atoms with Gasteiger partial charge in [0.15, 0.2) is 17.5 Å². The molecule has 0 saturated carbocycles. The molecule has 0 aromatic heterocycles. The summed E-state index contributed by atoms with van der Waals surface area (Å²) in [5.74, 6) is -10.2. The highest BCUT2D eigenvalue weighted by Gasteiger charge is 2.64. The van der Waals surface area contributed by atoms with E-state index in [1.165, 1.54) is 0 Å². The van der Waals surface area contributed by atoms with Gasteiger partial charge in [-0.25, -0.2) is 22.0 Å². The van der Waals surface area contributed by atoms with Crippen LogP contribution in [0.4, 0.5) is 22.0 Å². The van der Waals surface area contributed by atoms with E-state index in [0.29, 0.717) is 22.3 Å². The van der Waals surface area contributed by atoms with Crippen LogP contribution >= 0.6 is 0 Å². The van der Waals surface area contributed by atoms with E-state index in [0.717, 1.165) is 10.8 Å². The number of fused-ring (bicyclic) bond motifs is 4. The maximum absolute atomic E-state index is 16.1. The van der Waals surface area contributed by atoms with Crippen LogP contribution in [0.15, 0.2) is 127 Å². The Morgan fingerprint density at radius 3 is 1.72 bits per heavy atom. The molecule has 1 fully saturated rings. The van der Waals surface area contributed by atoms with Crippen LogP contribution in [0.3, 0.4) is 0 Å². The third-order valence-corrected chi connectivity index (χ3v) is 9.25. The largest absolute Gasteiger partial charge is 0.676 e. The third-order valence-electron chi connectivity index (χ3n) is 9.25. The molecule has 0 aliphatic carbocycles. The first-order valence-corrected chi connectivity index (χ1v) is 14.8. The van der Waals surface area contributed by atoms with Gasteiger partial charge >= 0.3 is 6.69 Å². The minimum atomic E-state index is -3.62. The highest BCUT2D eigenvalue weighted by molar-refractivity contribution is 6.80. The fourth-order valence-corrected chi connectivity index (χ4v) is 7.34. The molecule has 3 nitrogen and oxygen atoms in total. The Labute approximate surface area is 261 Å². The number of benzene rings is 6. The Balaban J connectivity index is 1.53. The lowest BCUT2D eigenvalue weighted by Gasteiger charge is -2.51. The Bertz CT molecular complexity index is 2050. The summed E-state index contributed by atoms with van der Waals surface area (Å²) in [6, 6.07) is 37.6. The minimum absolute atomic E-state index is 0.0111. The summed E-state index contributed by atoms with van der Waals surface area (Å²) >= 11 is 0. The van der Waals surface area contributed by atoms with Gasteiger partial charge in [-0.2, -0.15) is 0 Å². The summed E-state index contributed by atoms with van der Waals surface area (Å²) < 4.78 is 90.7. The average molecular weight is 620 g/mol. The lowest BCUT2D eigenvalue weighted by molar-refractivity contribution is 0.0866. The predicted molar refractivity (Wildman–Crippen MR) is 166 cm³/mol. The summed E-state index contributed by atoms with van der Waals surface area (Å²) in [4.78, 5) is 1.64. The van der Waals surface area contributed by atoms with E-state index in [1.807, 2.05) is 115 Å². The Kier molecular flexibility index (Phi) is 6.53. The first-order chi connectivity index (χ1) is 22.4. The Morgan fingerprint density at radius 2 is 1.11 bits per heavy atom. The second kappa shape index (κ2) is 10.5. The molecular weight excluding hydrogens is 596 g/mol. The van der Waals surface area contributed by atoms with Crippen LogP contribution in [0, 0.1) is 29.1 Å². The van der Waals surface area contributed by atoms with Gasteiger partial charge in [0.2, 0.25) is 0 Å². The van der Waals surface area contributed by atoms with Crippen molar-refractivity contribution >= 4 is 22.9 Å². The first-order valence-electron chi connectivity index (χ1n) is 14.8. The number of hydrogen-bond donors (Lipinski definition) is 0. The van der Waals surface area contributed by atoms with Gasteiger partial charge in [0.05, 0.1) is 11.4 Å². The summed E-state index contributed by atoms with van der Waals surface area (Å²) in [6.45, 7) is -3.60. The zero-order valence-electron chi connectivity index (χ0n) is 24.1. The van der Waals surface area contributed by atoms with Gasteiger partial charge in [-0.1, -0.05) is 121 Å². The molecule has 2 aliphatic heterocycles. The summed E-state index contributed by atoms with van der Waals surface area (Å²) in [6.07, 6.45) is 0. The Hall–Kier alpha value is -4.99. The third kappa shape index (κ3) is 3.91. The smallest absolute Gasteiger partial charge is 0.410 e. The molecule has 1 saturated heterocycles. The monoisotopic (exact) mass is 620 g/mol. The highest BCUT2D eigenvalue weighted by Crippen LogP contribution is 2.58. The van der Waals surface area contributed by atoms with E-state index in [9.17, 15) is 4.39 Å². The first kappa shape index (κ1) is 28.5. The van der Waals surface area contributed by atoms with Crippen molar-refractivity contribution in [3.63, 3.8) is 0 Å². The standard InChI is InChI=1S/C37H24BF5NO2/c39-31-30(32(40)34(42)35(43)33(31)41)38-44(22-28-27-19-11-10-12-23(27)20-21-29(28)45-38)36(24-13-4-1-5-14-24)37(46-38,25-15-6-2-7-16-25)26-17-8-3-9-18-26/h1-21,36H,22H2/q-1/t36-,38?/m1/s1. The lowest BCUT2D eigenvalue weighted by Crippen LogP contribution is -2.69. The fraction of sp³-hybridized carbons (Fsp3) is 0.0811. The molecule has 6 aromatic rings. The van der Waals surface area contributed by atoms with Crippen LogP contribution in [0.25, 0.3) is 10.8 Å². The van der Waals surface area contributed by atoms with Crippen LogP contribution in [-0.4, -0.2) is 11.5 Å². The van der Waals surface area contributed by atoms with E-state index < -0.39 is 52.9 Å². The molecule has 2 atom stereocenters. The molecule has 0 radical (unpaired) electrons. The summed E-state index contributed by atoms with van der Waals surface area (Å²) in [5.41, 5.74) is -0.109. The van der Waals surface area contributed by atoms with E-state index in [1.54, 1.807) is 16.9 Å². The zero-order chi connectivity index (χ0) is 31.6. The summed E-state index contributed by atoms with van der Waals surface area (Å²) in [5, 5.41) is 1.72. The van der Waals surface area contributed by atoms with E-state index >= 15 is 17.6 Å². The van der Waals surface area contributed by atoms with Gasteiger partial charge in [-0.15, -0.1) is 0 Å². The molecule has 0 bridgehead atoms. The van der Waals surface area contributed by atoms with E-state index in [-0.39, 0.29) is 12.3 Å². The normalized spacial score (nSPS) is 20.2.